The fraction of sp³-hybridized carbons (Fsp3) is 0.273. The van der Waals surface area contributed by atoms with Crippen LogP contribution < -0.4 is 5.32 Å². The Hall–Kier alpha value is -1.73. The quantitative estimate of drug-likeness (QED) is 0.485. The number of hydrogen-bond acceptors (Lipinski definition) is 3. The Bertz CT molecular complexity index is 462. The molecular weight excluding hydrogens is 254 g/mol. The highest BCUT2D eigenvalue weighted by Crippen LogP contribution is 1.99. The molecule has 0 spiro atoms. The maximum absolute atomic E-state index is 11.9. The van der Waals surface area contributed by atoms with Gasteiger partial charge in [0.2, 0.25) is 5.96 Å². The minimum Gasteiger partial charge on any atom is -0.292 e. The first-order valence-electron chi connectivity index (χ1n) is 5.31. The summed E-state index contributed by atoms with van der Waals surface area (Å²) in [7, 11) is 1.37. The molecule has 0 aromatic heterocycles. The van der Waals surface area contributed by atoms with Gasteiger partial charge in [0.05, 0.1) is 0 Å². The summed E-state index contributed by atoms with van der Waals surface area (Å²) in [6.45, 7) is 2.16. The summed E-state index contributed by atoms with van der Waals surface area (Å²) in [4.78, 5) is 15.8. The maximum Gasteiger partial charge on any atom is 0.263 e. The van der Waals surface area contributed by atoms with Crippen LogP contribution in [0, 0.1) is 0 Å². The molecule has 1 aromatic rings. The number of rotatable bonds is 3. The van der Waals surface area contributed by atoms with Crippen molar-refractivity contribution in [1.82, 2.24) is 9.62 Å². The van der Waals surface area contributed by atoms with Crippen LogP contribution in [-0.4, -0.2) is 38.5 Å². The molecule has 0 radical (unpaired) electrons. The third-order valence-electron chi connectivity index (χ3n) is 2.10. The predicted octanol–water partition coefficient (Wildman–Crippen LogP) is 0.861. The molecule has 0 bridgehead atoms. The summed E-state index contributed by atoms with van der Waals surface area (Å²) in [5, 5.41) is 2.50. The van der Waals surface area contributed by atoms with Crippen molar-refractivity contribution in [3.63, 3.8) is 0 Å². The summed E-state index contributed by atoms with van der Waals surface area (Å²) in [5.74, 6) is -0.313. The van der Waals surface area contributed by atoms with Crippen molar-refractivity contribution in [2.45, 2.75) is 6.92 Å². The molecule has 1 amide bonds. The van der Waals surface area contributed by atoms with Crippen LogP contribution in [0.15, 0.2) is 35.3 Å². The fourth-order valence-electron chi connectivity index (χ4n) is 1.20. The van der Waals surface area contributed by atoms with Crippen LogP contribution >= 0.6 is 0 Å². The smallest absolute Gasteiger partial charge is 0.263 e. The number of carbonyl (C=O) groups excluding carboxylic acids is 1. The maximum atomic E-state index is 11.9. The van der Waals surface area contributed by atoms with Gasteiger partial charge < -0.3 is 0 Å². The minimum absolute atomic E-state index is 0.0622. The molecule has 1 aromatic carbocycles. The molecule has 6 nitrogen and oxygen atoms in total. The second-order valence-corrected chi connectivity index (χ2v) is 4.36. The van der Waals surface area contributed by atoms with Crippen molar-refractivity contribution in [3.8, 4) is 0 Å². The second-order valence-electron chi connectivity index (χ2n) is 3.35. The average molecular weight is 269 g/mol. The molecule has 2 N–H and O–H groups in total. The Morgan fingerprint density at radius 3 is 2.56 bits per heavy atom. The molecule has 0 heterocycles. The molecule has 0 fully saturated rings. The van der Waals surface area contributed by atoms with Crippen molar-refractivity contribution in [2.75, 3.05) is 13.6 Å². The topological polar surface area (TPSA) is 82.0 Å². The van der Waals surface area contributed by atoms with Crippen molar-refractivity contribution in [2.24, 2.45) is 4.99 Å². The Kier molecular flexibility index (Phi) is 5.47. The number of amides is 1. The van der Waals surface area contributed by atoms with E-state index in [1.54, 1.807) is 37.3 Å². The van der Waals surface area contributed by atoms with E-state index < -0.39 is 11.3 Å². The van der Waals surface area contributed by atoms with Crippen LogP contribution in [0.3, 0.4) is 0 Å². The van der Waals surface area contributed by atoms with Crippen molar-refractivity contribution < 1.29 is 13.6 Å². The summed E-state index contributed by atoms with van der Waals surface area (Å²) in [5.41, 5.74) is 0.457. The summed E-state index contributed by atoms with van der Waals surface area (Å²) in [6.07, 6.45) is 0. The molecule has 1 unspecified atom stereocenters. The molecule has 7 heteroatoms. The monoisotopic (exact) mass is 269 g/mol. The van der Waals surface area contributed by atoms with Gasteiger partial charge in [0.15, 0.2) is 0 Å². The van der Waals surface area contributed by atoms with E-state index >= 15 is 0 Å². The van der Waals surface area contributed by atoms with Crippen molar-refractivity contribution in [3.05, 3.63) is 35.9 Å². The van der Waals surface area contributed by atoms with Crippen LogP contribution in [0.25, 0.3) is 0 Å². The van der Waals surface area contributed by atoms with Gasteiger partial charge in [-0.05, 0) is 19.1 Å². The van der Waals surface area contributed by atoms with E-state index in [9.17, 15) is 9.00 Å². The highest BCUT2D eigenvalue weighted by atomic mass is 32.2. The van der Waals surface area contributed by atoms with Gasteiger partial charge in [-0.2, -0.15) is 0 Å². The number of carbonyl (C=O) groups is 1. The largest absolute Gasteiger partial charge is 0.292 e. The number of guanidine groups is 1. The summed E-state index contributed by atoms with van der Waals surface area (Å²) >= 11 is -2.23. The van der Waals surface area contributed by atoms with Crippen LogP contribution in [0.5, 0.6) is 0 Å². The van der Waals surface area contributed by atoms with Gasteiger partial charge in [0.25, 0.3) is 17.2 Å². The van der Waals surface area contributed by atoms with E-state index in [0.717, 1.165) is 4.31 Å². The van der Waals surface area contributed by atoms with E-state index in [1.165, 1.54) is 7.05 Å². The Morgan fingerprint density at radius 1 is 1.44 bits per heavy atom. The van der Waals surface area contributed by atoms with Crippen LogP contribution in [0.4, 0.5) is 0 Å². The Balaban J connectivity index is 2.83. The highest BCUT2D eigenvalue weighted by Gasteiger charge is 2.15. The number of hydrogen-bond donors (Lipinski definition) is 2. The molecule has 18 heavy (non-hydrogen) atoms. The first-order chi connectivity index (χ1) is 8.56. The Labute approximate surface area is 108 Å². The average Bonchev–Trinajstić information content (AvgIpc) is 2.38. The van der Waals surface area contributed by atoms with Crippen LogP contribution in [0.1, 0.15) is 17.3 Å². The zero-order valence-electron chi connectivity index (χ0n) is 10.2. The molecule has 0 aliphatic rings. The van der Waals surface area contributed by atoms with Gasteiger partial charge in [0.1, 0.15) is 0 Å². The summed E-state index contributed by atoms with van der Waals surface area (Å²) < 4.78 is 20.9. The Morgan fingerprint density at radius 2 is 2.06 bits per heavy atom. The van der Waals surface area contributed by atoms with Gasteiger partial charge in [-0.3, -0.25) is 19.7 Å². The highest BCUT2D eigenvalue weighted by molar-refractivity contribution is 7.77. The zero-order chi connectivity index (χ0) is 13.5. The second kappa shape index (κ2) is 6.87. The lowest BCUT2D eigenvalue weighted by Gasteiger charge is -2.17. The lowest BCUT2D eigenvalue weighted by molar-refractivity contribution is 0.0974. The molecule has 0 saturated carbocycles. The van der Waals surface area contributed by atoms with E-state index in [0.29, 0.717) is 12.1 Å². The molecule has 0 aliphatic carbocycles. The van der Waals surface area contributed by atoms with Gasteiger partial charge in [0, 0.05) is 19.2 Å². The number of aliphatic imine (C=N–C) groups is 1. The van der Waals surface area contributed by atoms with Gasteiger partial charge in [-0.1, -0.05) is 18.2 Å². The van der Waals surface area contributed by atoms with Gasteiger partial charge in [-0.25, -0.2) is 8.51 Å². The number of nitrogens with one attached hydrogen (secondary N) is 1. The first-order valence-corrected chi connectivity index (χ1v) is 6.38. The van der Waals surface area contributed by atoms with Crippen LogP contribution in [0.2, 0.25) is 0 Å². The standard InChI is InChI=1S/C11H15N3O3S/c1-3-12-11(14(2)18(16)17)13-10(15)9-7-5-4-6-8-9/h4-8H,3H2,1-2H3,(H,16,17)(H,12,13,15). The predicted molar refractivity (Wildman–Crippen MR) is 70.4 cm³/mol. The lowest BCUT2D eigenvalue weighted by atomic mass is 10.2. The van der Waals surface area contributed by atoms with Gasteiger partial charge in [-0.15, -0.1) is 0 Å². The third kappa shape index (κ3) is 3.94. The first kappa shape index (κ1) is 14.3. The molecule has 98 valence electrons. The van der Waals surface area contributed by atoms with E-state index in [-0.39, 0.29) is 11.9 Å². The fourth-order valence-corrected chi connectivity index (χ4v) is 1.46. The SMILES string of the molecule is CCN=C(NC(=O)c1ccccc1)N(C)S(=O)O. The third-order valence-corrected chi connectivity index (χ3v) is 2.74. The molecule has 1 rings (SSSR count). The normalized spacial score (nSPS) is 12.9. The van der Waals surface area contributed by atoms with Crippen LogP contribution in [-0.2, 0) is 11.3 Å². The molecular formula is C11H15N3O3S. The number of nitrogens with zero attached hydrogens (tertiary/aromatic N) is 2. The lowest BCUT2D eigenvalue weighted by Crippen LogP contribution is -2.43. The minimum atomic E-state index is -2.23. The zero-order valence-corrected chi connectivity index (χ0v) is 11.0. The van der Waals surface area contributed by atoms with E-state index in [1.807, 2.05) is 0 Å². The molecule has 1 atom stereocenters. The summed E-state index contributed by atoms with van der Waals surface area (Å²) in [6, 6.07) is 8.56. The van der Waals surface area contributed by atoms with Gasteiger partial charge >= 0.3 is 0 Å². The number of benzene rings is 1. The van der Waals surface area contributed by atoms with Crippen molar-refractivity contribution in [1.29, 1.82) is 0 Å². The van der Waals surface area contributed by atoms with E-state index in [4.69, 9.17) is 4.55 Å². The molecule has 0 saturated heterocycles. The molecule has 0 aliphatic heterocycles. The van der Waals surface area contributed by atoms with Crippen molar-refractivity contribution >= 4 is 23.1 Å². The van der Waals surface area contributed by atoms with E-state index in [2.05, 4.69) is 10.3 Å².